The van der Waals surface area contributed by atoms with Crippen molar-refractivity contribution in [3.63, 3.8) is 0 Å². The summed E-state index contributed by atoms with van der Waals surface area (Å²) in [5.74, 6) is 1.76. The van der Waals surface area contributed by atoms with Gasteiger partial charge in [0.25, 0.3) is 0 Å². The van der Waals surface area contributed by atoms with Crippen molar-refractivity contribution in [3.8, 4) is 22.6 Å². The quantitative estimate of drug-likeness (QED) is 0.0528. The van der Waals surface area contributed by atoms with Crippen molar-refractivity contribution >= 4 is 108 Å². The summed E-state index contributed by atoms with van der Waals surface area (Å²) in [6, 6.07) is 36.9. The van der Waals surface area contributed by atoms with Crippen LogP contribution in [0.15, 0.2) is 109 Å². The Morgan fingerprint density at radius 2 is 0.967 bits per heavy atom. The third-order valence-corrected chi connectivity index (χ3v) is 12.2. The average molecular weight is 950 g/mol. The van der Waals surface area contributed by atoms with Gasteiger partial charge < -0.3 is 14.9 Å². The first-order valence-corrected chi connectivity index (χ1v) is 37.9. The van der Waals surface area contributed by atoms with Crippen LogP contribution in [0.4, 0.5) is 0 Å². The molecule has 0 heterocycles. The van der Waals surface area contributed by atoms with Crippen LogP contribution in [0.25, 0.3) is 11.1 Å². The first-order chi connectivity index (χ1) is 27.1. The van der Waals surface area contributed by atoms with Crippen molar-refractivity contribution in [2.75, 3.05) is 0 Å². The Balaban J connectivity index is 0. The zero-order valence-corrected chi connectivity index (χ0v) is 49.4. The van der Waals surface area contributed by atoms with Crippen LogP contribution in [0.1, 0.15) is 106 Å². The molecule has 308 valence electrons. The van der Waals surface area contributed by atoms with Gasteiger partial charge in [0.15, 0.2) is 11.6 Å². The molecule has 5 aromatic carbocycles. The number of Topliss-reactive ketones (excluding diaryl/α,β-unsaturated/α-hetero) is 2. The van der Waals surface area contributed by atoms with Crippen LogP contribution in [0, 0.1) is 27.7 Å². The van der Waals surface area contributed by atoms with Gasteiger partial charge in [-0.05, 0) is 132 Å². The molecule has 5 aromatic rings. The van der Waals surface area contributed by atoms with Crippen LogP contribution in [0.3, 0.4) is 0 Å². The fourth-order valence-corrected chi connectivity index (χ4v) is 11.2. The van der Waals surface area contributed by atoms with E-state index in [4.69, 9.17) is 31.1 Å². The molecule has 0 spiro atoms. The molecule has 5 rings (SSSR count). The Bertz CT molecular complexity index is 2010. The number of ether oxygens (including phenoxy) is 1. The second kappa shape index (κ2) is 31.7. The van der Waals surface area contributed by atoms with Crippen LogP contribution in [-0.2, 0) is 9.24 Å². The Morgan fingerprint density at radius 1 is 0.633 bits per heavy atom. The van der Waals surface area contributed by atoms with Crippen molar-refractivity contribution in [2.45, 2.75) is 101 Å². The standard InChI is InChI=1S/C20H27P.C16H16O2.C10H11ClO.CH4.3K.HO4P/c1-19(2,3)21(20(4,5)6)18-14-12-17(13-15-18)16-10-8-7-9-11-16;1-11-9-15(10-12(2)16(11)13(3)17)18-14-7-5-4-6-8-14;1-6-4-9(11)5-7(2)10(6)8(3)12;;;;;1-4-5(2)3/h7-15H,1-6H3;4-10H,1-3H3;4-5H,1-3H3;1H4;;;;1H/q;;;;;;+1;/p-1. The number of halogens is 1. The molecule has 0 fully saturated rings. The molecule has 0 aliphatic rings. The third-order valence-electron chi connectivity index (χ3n) is 8.32. The van der Waals surface area contributed by atoms with Gasteiger partial charge in [-0.15, -0.1) is 0 Å². The number of carbonyl (C=O) groups is 2. The predicted molar refractivity (Wildman–Crippen MR) is 248 cm³/mol. The summed E-state index contributed by atoms with van der Waals surface area (Å²) in [4.78, 5) is 31.5. The molecular weight excluding hydrogens is 891 g/mol. The molecule has 0 N–H and O–H groups in total. The minimum absolute atomic E-state index is 0. The van der Waals surface area contributed by atoms with Crippen LogP contribution >= 0.6 is 27.8 Å². The first-order valence-electron chi connectivity index (χ1n) is 19.1. The van der Waals surface area contributed by atoms with Crippen LogP contribution in [0.5, 0.6) is 11.5 Å². The van der Waals surface area contributed by atoms with Crippen molar-refractivity contribution in [2.24, 2.45) is 0 Å². The van der Waals surface area contributed by atoms with E-state index in [2.05, 4.69) is 101 Å². The van der Waals surface area contributed by atoms with E-state index in [-0.39, 0.29) is 78.3 Å². The van der Waals surface area contributed by atoms with E-state index in [0.717, 1.165) is 44.9 Å². The fraction of sp³-hybridized carbons (Fsp3) is 0.319. The summed E-state index contributed by atoms with van der Waals surface area (Å²) >= 11 is 8.32. The number of para-hydroxylation sites is 1. The zero-order valence-electron chi connectivity index (χ0n) is 37.5. The van der Waals surface area contributed by atoms with Gasteiger partial charge in [-0.3, -0.25) is 9.59 Å². The molecule has 0 aliphatic carbocycles. The zero-order chi connectivity index (χ0) is 44.4. The van der Waals surface area contributed by atoms with Gasteiger partial charge in [0.05, 0.1) is 0 Å². The minimum atomic E-state index is -3.15. The first kappa shape index (κ1) is 62.9. The maximum absolute atomic E-state index is 11.5. The number of aryl methyl sites for hydroxylation is 4. The van der Waals surface area contributed by atoms with Gasteiger partial charge in [-0.2, -0.15) is 0 Å². The van der Waals surface area contributed by atoms with Crippen molar-refractivity contribution in [3.05, 3.63) is 148 Å². The molecular formula is C47H58ClK3O7P2. The average Bonchev–Trinajstić information content (AvgIpc) is 3.12. The molecule has 0 aromatic heterocycles. The molecule has 1 atom stereocenters. The van der Waals surface area contributed by atoms with E-state index in [9.17, 15) is 9.59 Å². The topological polar surface area (TPSA) is 116 Å². The van der Waals surface area contributed by atoms with E-state index in [1.807, 2.05) is 82.3 Å². The SMILES string of the molecule is C.CC(=O)c1c(C)cc(Cl)cc1C.CC(=O)c1c(C)cc(Oc2ccccc2)cc1C.CC(C)(C)P(c1ccc(-c2ccccc2)cc1)C(C)(C)C.O=[P+]([O-])O[O-].[K+].[K][K]. The number of hydrogen-bond donors (Lipinski definition) is 0. The molecule has 7 nitrogen and oxygen atoms in total. The summed E-state index contributed by atoms with van der Waals surface area (Å²) in [5.41, 5.74) is 7.98. The Labute approximate surface area is 455 Å². The number of rotatable bonds is 7. The van der Waals surface area contributed by atoms with Gasteiger partial charge in [-0.1, -0.05) is 141 Å². The van der Waals surface area contributed by atoms with E-state index in [1.54, 1.807) is 13.8 Å². The molecule has 1 unspecified atom stereocenters. The number of benzene rings is 5. The van der Waals surface area contributed by atoms with E-state index < -0.39 is 8.25 Å². The van der Waals surface area contributed by atoms with Gasteiger partial charge in [0.1, 0.15) is 11.5 Å². The molecule has 0 radical (unpaired) electrons. The van der Waals surface area contributed by atoms with Gasteiger partial charge in [0.2, 0.25) is 0 Å². The van der Waals surface area contributed by atoms with Crippen molar-refractivity contribution in [1.82, 2.24) is 0 Å². The predicted octanol–water partition coefficient (Wildman–Crippen LogP) is 8.69. The summed E-state index contributed by atoms with van der Waals surface area (Å²) in [7, 11) is -3.37. The summed E-state index contributed by atoms with van der Waals surface area (Å²) in [5, 5.41) is 11.4. The number of ketones is 2. The summed E-state index contributed by atoms with van der Waals surface area (Å²) in [6.45, 7) is 25.0. The molecule has 60 heavy (non-hydrogen) atoms. The fourth-order valence-electron chi connectivity index (χ4n) is 6.84. The molecule has 0 bridgehead atoms. The normalized spacial score (nSPS) is 10.6. The van der Waals surface area contributed by atoms with Crippen LogP contribution < -0.4 is 71.6 Å². The Morgan fingerprint density at radius 3 is 1.30 bits per heavy atom. The molecule has 13 heteroatoms. The molecule has 0 aliphatic heterocycles. The van der Waals surface area contributed by atoms with E-state index in [1.165, 1.54) is 79.6 Å². The summed E-state index contributed by atoms with van der Waals surface area (Å²) in [6.07, 6.45) is 0. The van der Waals surface area contributed by atoms with Crippen LogP contribution in [0.2, 0.25) is 5.02 Å². The van der Waals surface area contributed by atoms with E-state index >= 15 is 0 Å². The molecule has 0 saturated heterocycles. The van der Waals surface area contributed by atoms with Gasteiger partial charge in [-0.25, -0.2) is 4.67 Å². The Hall–Kier alpha value is 0.849. The molecule has 0 amide bonds. The third kappa shape index (κ3) is 22.8. The summed E-state index contributed by atoms with van der Waals surface area (Å²) < 4.78 is 17.1. The van der Waals surface area contributed by atoms with Crippen molar-refractivity contribution < 1.29 is 85.1 Å². The monoisotopic (exact) mass is 948 g/mol. The Kier molecular flexibility index (Phi) is 33.3. The van der Waals surface area contributed by atoms with E-state index in [0.29, 0.717) is 15.3 Å². The number of hydrogen-bond acceptors (Lipinski definition) is 7. The van der Waals surface area contributed by atoms with Crippen LogP contribution in [-0.4, -0.2) is 85.0 Å². The number of carbonyl (C=O) groups excluding carboxylic acids is 2. The van der Waals surface area contributed by atoms with Crippen molar-refractivity contribution in [1.29, 1.82) is 0 Å². The maximum atomic E-state index is 11.5. The molecule has 0 saturated carbocycles. The van der Waals surface area contributed by atoms with Gasteiger partial charge in [0, 0.05) is 16.1 Å². The second-order valence-electron chi connectivity index (χ2n) is 15.3. The van der Waals surface area contributed by atoms with Gasteiger partial charge >= 0.3 is 123 Å². The second-order valence-corrected chi connectivity index (χ2v) is 20.2.